The molecule has 0 saturated carbocycles. The van der Waals surface area contributed by atoms with Crippen molar-refractivity contribution in [3.05, 3.63) is 95.7 Å². The average Bonchev–Trinajstić information content (AvgIpc) is 3.59. The van der Waals surface area contributed by atoms with Crippen LogP contribution in [0.15, 0.2) is 78.9 Å². The Bertz CT molecular complexity index is 1460. The molecular formula is C30H29N5O5. The summed E-state index contributed by atoms with van der Waals surface area (Å²) in [5, 5.41) is 25.2. The first-order valence-electron chi connectivity index (χ1n) is 13.1. The maximum Gasteiger partial charge on any atom is 0.407 e. The van der Waals surface area contributed by atoms with Crippen LogP contribution in [0, 0.1) is 0 Å². The molecule has 40 heavy (non-hydrogen) atoms. The van der Waals surface area contributed by atoms with Gasteiger partial charge in [-0.05, 0) is 41.5 Å². The van der Waals surface area contributed by atoms with Crippen LogP contribution in [0.25, 0.3) is 22.4 Å². The quantitative estimate of drug-likeness (QED) is 0.207. The second-order valence-electron chi connectivity index (χ2n) is 9.51. The van der Waals surface area contributed by atoms with Gasteiger partial charge in [0.25, 0.3) is 5.91 Å². The molecule has 10 heteroatoms. The van der Waals surface area contributed by atoms with Crippen molar-refractivity contribution in [1.82, 2.24) is 26.0 Å². The highest BCUT2D eigenvalue weighted by Crippen LogP contribution is 2.44. The van der Waals surface area contributed by atoms with E-state index in [4.69, 9.17) is 4.74 Å². The maximum atomic E-state index is 12.6. The van der Waals surface area contributed by atoms with Crippen LogP contribution in [0.1, 0.15) is 46.8 Å². The lowest BCUT2D eigenvalue weighted by Gasteiger charge is -2.17. The van der Waals surface area contributed by atoms with E-state index in [1.165, 1.54) is 0 Å². The minimum atomic E-state index is -1.15. The molecule has 1 atom stereocenters. The lowest BCUT2D eigenvalue weighted by Crippen LogP contribution is -2.41. The largest absolute Gasteiger partial charge is 0.480 e. The number of alkyl carbamates (subject to hydrolysis) is 1. The molecule has 1 aliphatic carbocycles. The zero-order valence-electron chi connectivity index (χ0n) is 21.7. The fourth-order valence-electron chi connectivity index (χ4n) is 4.99. The normalized spacial score (nSPS) is 12.7. The number of hydrogen-bond donors (Lipinski definition) is 4. The van der Waals surface area contributed by atoms with Gasteiger partial charge in [0.1, 0.15) is 12.6 Å². The number of carbonyl (C=O) groups excluding carboxylic acids is 2. The molecule has 0 spiro atoms. The number of H-pyrrole nitrogens is 1. The first-order valence-corrected chi connectivity index (χ1v) is 13.1. The van der Waals surface area contributed by atoms with Gasteiger partial charge in [0, 0.05) is 18.0 Å². The minimum absolute atomic E-state index is 0.102. The predicted octanol–water partition coefficient (Wildman–Crippen LogP) is 4.36. The van der Waals surface area contributed by atoms with Gasteiger partial charge in [0.2, 0.25) is 0 Å². The van der Waals surface area contributed by atoms with E-state index < -0.39 is 18.1 Å². The molecular weight excluding hydrogens is 510 g/mol. The monoisotopic (exact) mass is 539 g/mol. The summed E-state index contributed by atoms with van der Waals surface area (Å²) in [6.45, 7) is 0.419. The number of carbonyl (C=O) groups is 3. The summed E-state index contributed by atoms with van der Waals surface area (Å²) in [6.07, 6.45) is 0.391. The topological polar surface area (TPSA) is 146 Å². The molecule has 2 amide bonds. The zero-order chi connectivity index (χ0) is 27.9. The molecule has 0 bridgehead atoms. The van der Waals surface area contributed by atoms with E-state index >= 15 is 0 Å². The fourth-order valence-corrected chi connectivity index (χ4v) is 4.99. The number of carboxylic acids is 1. The van der Waals surface area contributed by atoms with Crippen molar-refractivity contribution in [1.29, 1.82) is 0 Å². The van der Waals surface area contributed by atoms with E-state index in [0.717, 1.165) is 27.8 Å². The number of aliphatic carboxylic acids is 1. The number of hydrogen-bond acceptors (Lipinski definition) is 6. The smallest absolute Gasteiger partial charge is 0.407 e. The summed E-state index contributed by atoms with van der Waals surface area (Å²) in [5.74, 6) is -1.64. The number of ether oxygens (including phenoxy) is 1. The van der Waals surface area contributed by atoms with Crippen molar-refractivity contribution in [3.63, 3.8) is 0 Å². The van der Waals surface area contributed by atoms with Gasteiger partial charge in [-0.3, -0.25) is 9.89 Å². The molecule has 5 rings (SSSR count). The van der Waals surface area contributed by atoms with E-state index in [1.807, 2.05) is 78.9 Å². The molecule has 204 valence electrons. The molecule has 3 aromatic carbocycles. The van der Waals surface area contributed by atoms with Crippen LogP contribution >= 0.6 is 0 Å². The summed E-state index contributed by atoms with van der Waals surface area (Å²) in [5.41, 5.74) is 5.89. The first kappa shape index (κ1) is 26.6. The molecule has 4 N–H and O–H groups in total. The molecule has 0 fully saturated rings. The molecule has 0 radical (unpaired) electrons. The van der Waals surface area contributed by atoms with Crippen molar-refractivity contribution in [2.24, 2.45) is 0 Å². The van der Waals surface area contributed by atoms with Crippen LogP contribution in [0.2, 0.25) is 0 Å². The average molecular weight is 540 g/mol. The van der Waals surface area contributed by atoms with Crippen LogP contribution in [0.5, 0.6) is 0 Å². The van der Waals surface area contributed by atoms with Crippen LogP contribution in [-0.4, -0.2) is 57.7 Å². The third-order valence-electron chi connectivity index (χ3n) is 6.97. The highest BCUT2D eigenvalue weighted by Gasteiger charge is 2.29. The van der Waals surface area contributed by atoms with Crippen molar-refractivity contribution >= 4 is 18.0 Å². The highest BCUT2D eigenvalue weighted by atomic mass is 16.5. The van der Waals surface area contributed by atoms with Gasteiger partial charge in [0.15, 0.2) is 5.69 Å². The Labute approximate surface area is 230 Å². The summed E-state index contributed by atoms with van der Waals surface area (Å²) >= 11 is 0. The van der Waals surface area contributed by atoms with Gasteiger partial charge < -0.3 is 20.5 Å². The fraction of sp³-hybridized carbons (Fsp3) is 0.233. The Kier molecular flexibility index (Phi) is 8.15. The predicted molar refractivity (Wildman–Crippen MR) is 148 cm³/mol. The molecule has 0 saturated heterocycles. The number of unbranched alkanes of at least 4 members (excludes halogenated alkanes) is 1. The van der Waals surface area contributed by atoms with Crippen molar-refractivity contribution in [2.45, 2.75) is 31.2 Å². The summed E-state index contributed by atoms with van der Waals surface area (Å²) in [7, 11) is 0. The number of aromatic amines is 1. The van der Waals surface area contributed by atoms with Crippen LogP contribution < -0.4 is 10.6 Å². The van der Waals surface area contributed by atoms with E-state index in [2.05, 4.69) is 26.0 Å². The third kappa shape index (κ3) is 5.85. The van der Waals surface area contributed by atoms with Crippen LogP contribution in [-0.2, 0) is 9.53 Å². The molecule has 1 heterocycles. The maximum absolute atomic E-state index is 12.6. The van der Waals surface area contributed by atoms with Crippen LogP contribution in [0.4, 0.5) is 4.79 Å². The molecule has 4 aromatic rings. The van der Waals surface area contributed by atoms with E-state index in [1.54, 1.807) is 0 Å². The van der Waals surface area contributed by atoms with Crippen molar-refractivity contribution < 1.29 is 24.2 Å². The number of aromatic nitrogens is 3. The Hall–Kier alpha value is -4.99. The zero-order valence-corrected chi connectivity index (χ0v) is 21.7. The number of nitrogens with zero attached hydrogens (tertiary/aromatic N) is 2. The highest BCUT2D eigenvalue weighted by molar-refractivity contribution is 5.97. The number of benzene rings is 3. The van der Waals surface area contributed by atoms with E-state index in [9.17, 15) is 19.5 Å². The van der Waals surface area contributed by atoms with Crippen molar-refractivity contribution in [3.8, 4) is 22.4 Å². The lowest BCUT2D eigenvalue weighted by atomic mass is 9.98. The number of nitrogens with one attached hydrogen (secondary N) is 3. The molecule has 10 nitrogen and oxygen atoms in total. The van der Waals surface area contributed by atoms with Gasteiger partial charge in [-0.2, -0.15) is 0 Å². The molecule has 0 unspecified atom stereocenters. The van der Waals surface area contributed by atoms with Gasteiger partial charge in [-0.25, -0.2) is 9.59 Å². The van der Waals surface area contributed by atoms with Gasteiger partial charge >= 0.3 is 12.1 Å². The SMILES string of the molecule is O=C(N[C@@H](CCCCNC(=O)c1nn[nH]c1-c1ccccc1)C(=O)O)OCC1c2ccccc2-c2ccccc21. The summed E-state index contributed by atoms with van der Waals surface area (Å²) in [4.78, 5) is 36.9. The number of amides is 2. The Morgan fingerprint density at radius 2 is 1.55 bits per heavy atom. The first-order chi connectivity index (χ1) is 19.5. The molecule has 1 aromatic heterocycles. The number of fused-ring (bicyclic) bond motifs is 3. The second kappa shape index (κ2) is 12.2. The lowest BCUT2D eigenvalue weighted by molar-refractivity contribution is -0.139. The second-order valence-corrected chi connectivity index (χ2v) is 9.51. The summed E-state index contributed by atoms with van der Waals surface area (Å²) < 4.78 is 5.48. The van der Waals surface area contributed by atoms with Crippen LogP contribution in [0.3, 0.4) is 0 Å². The Balaban J connectivity index is 1.08. The third-order valence-corrected chi connectivity index (χ3v) is 6.97. The number of rotatable bonds is 11. The number of carboxylic acid groups (broad SMARTS) is 1. The van der Waals surface area contributed by atoms with Crippen molar-refractivity contribution in [2.75, 3.05) is 13.2 Å². The molecule has 0 aliphatic heterocycles. The summed E-state index contributed by atoms with van der Waals surface area (Å²) in [6, 6.07) is 24.2. The van der Waals surface area contributed by atoms with E-state index in [0.29, 0.717) is 25.1 Å². The van der Waals surface area contributed by atoms with Gasteiger partial charge in [-0.15, -0.1) is 5.10 Å². The van der Waals surface area contributed by atoms with Gasteiger partial charge in [-0.1, -0.05) is 84.1 Å². The Morgan fingerprint density at radius 3 is 2.23 bits per heavy atom. The Morgan fingerprint density at radius 1 is 0.900 bits per heavy atom. The molecule has 1 aliphatic rings. The standard InChI is InChI=1S/C30H29N5O5/c36-28(27-26(33-35-34-27)19-10-2-1-3-11-19)31-17-9-8-16-25(29(37)38)32-30(39)40-18-24-22-14-6-4-12-20(22)21-13-5-7-15-23(21)24/h1-7,10-15,24-25H,8-9,16-18H2,(H,31,36)(H,32,39)(H,37,38)(H,33,34,35)/t25-/m0/s1. The minimum Gasteiger partial charge on any atom is -0.480 e. The van der Waals surface area contributed by atoms with E-state index in [-0.39, 0.29) is 30.5 Å². The van der Waals surface area contributed by atoms with Gasteiger partial charge in [0.05, 0.1) is 5.69 Å².